The number of ether oxygens (including phenoxy) is 4. The van der Waals surface area contributed by atoms with E-state index in [-0.39, 0.29) is 25.7 Å². The van der Waals surface area contributed by atoms with Crippen molar-refractivity contribution in [2.24, 2.45) is 11.8 Å². The van der Waals surface area contributed by atoms with E-state index in [0.717, 1.165) is 102 Å². The molecule has 558 valence electrons. The average molecular weight is 1380 g/mol. The third-order valence-electron chi connectivity index (χ3n) is 18.2. The highest BCUT2D eigenvalue weighted by atomic mass is 31.2. The van der Waals surface area contributed by atoms with Crippen LogP contribution in [0.1, 0.15) is 388 Å². The van der Waals surface area contributed by atoms with E-state index in [0.29, 0.717) is 25.7 Å². The highest BCUT2D eigenvalue weighted by Crippen LogP contribution is 2.45. The van der Waals surface area contributed by atoms with Gasteiger partial charge in [0.15, 0.2) is 12.2 Å². The molecule has 0 aliphatic rings. The van der Waals surface area contributed by atoms with Crippen molar-refractivity contribution >= 4 is 39.5 Å². The van der Waals surface area contributed by atoms with Gasteiger partial charge in [0, 0.05) is 25.7 Å². The van der Waals surface area contributed by atoms with Gasteiger partial charge in [-0.3, -0.25) is 37.3 Å². The average Bonchev–Trinajstić information content (AvgIpc) is 1.41. The molecule has 19 heteroatoms. The SMILES string of the molecule is CCCCCCCCCCCCCCCCCCCC(=O)OC[C@H](COP(=O)(O)OC[C@@H](O)COP(=O)(O)OC[C@@H](COC(=O)CCCCCCCCCCC)OC(=O)CCCCCCCCC(C)CC)OC(=O)CCCCCCCCCCCCCCCCC(C)CC. The fourth-order valence-electron chi connectivity index (χ4n) is 11.4. The summed E-state index contributed by atoms with van der Waals surface area (Å²) in [5.41, 5.74) is 0. The van der Waals surface area contributed by atoms with Crippen LogP contribution in [0.15, 0.2) is 0 Å². The molecular weight excluding hydrogens is 1230 g/mol. The maximum Gasteiger partial charge on any atom is 0.472 e. The Kier molecular flexibility index (Phi) is 65.5. The third kappa shape index (κ3) is 66.0. The molecule has 0 spiro atoms. The minimum atomic E-state index is -4.96. The fraction of sp³-hybridized carbons (Fsp3) is 0.947. The van der Waals surface area contributed by atoms with E-state index in [9.17, 15) is 43.2 Å². The van der Waals surface area contributed by atoms with Gasteiger partial charge in [-0.1, -0.05) is 337 Å². The Labute approximate surface area is 575 Å². The summed E-state index contributed by atoms with van der Waals surface area (Å²) in [5.74, 6) is -0.554. The number of hydrogen-bond donors (Lipinski definition) is 3. The van der Waals surface area contributed by atoms with Crippen molar-refractivity contribution in [2.45, 2.75) is 407 Å². The number of phosphoric acid groups is 2. The molecule has 0 aliphatic carbocycles. The van der Waals surface area contributed by atoms with Crippen molar-refractivity contribution in [1.29, 1.82) is 0 Å². The predicted molar refractivity (Wildman–Crippen MR) is 381 cm³/mol. The molecule has 0 rings (SSSR count). The van der Waals surface area contributed by atoms with Gasteiger partial charge in [-0.2, -0.15) is 0 Å². The van der Waals surface area contributed by atoms with Gasteiger partial charge in [0.25, 0.3) is 0 Å². The molecule has 0 aromatic heterocycles. The molecule has 0 bridgehead atoms. The van der Waals surface area contributed by atoms with Crippen molar-refractivity contribution in [3.05, 3.63) is 0 Å². The van der Waals surface area contributed by atoms with Gasteiger partial charge in [-0.05, 0) is 37.5 Å². The number of esters is 4. The number of carbonyl (C=O) groups is 4. The van der Waals surface area contributed by atoms with E-state index < -0.39 is 97.5 Å². The molecule has 7 atom stereocenters. The number of carbonyl (C=O) groups excluding carboxylic acids is 4. The maximum atomic E-state index is 13.1. The molecular formula is C75H146O17P2. The number of aliphatic hydroxyl groups is 1. The summed E-state index contributed by atoms with van der Waals surface area (Å²) < 4.78 is 68.4. The van der Waals surface area contributed by atoms with E-state index in [1.165, 1.54) is 205 Å². The zero-order chi connectivity index (χ0) is 69.3. The second-order valence-electron chi connectivity index (χ2n) is 27.5. The number of phosphoric ester groups is 2. The summed E-state index contributed by atoms with van der Waals surface area (Å²) in [6.07, 6.45) is 54.1. The van der Waals surface area contributed by atoms with Crippen LogP contribution >= 0.6 is 15.6 Å². The smallest absolute Gasteiger partial charge is 0.462 e. The standard InChI is InChI=1S/C75H146O17P2/c1-7-11-13-15-17-19-20-21-22-23-24-28-31-35-39-46-52-58-73(78)86-63-70(91-74(79)59-53-47-40-36-32-29-26-25-27-30-34-37-43-49-55-67(5)9-3)65-89-93(81,82)87-61-69(76)62-88-94(83,84)90-66-71(64-85-72(77)57-51-45-38-33-18-16-14-12-8-2)92-75(80)60-54-48-42-41-44-50-56-68(6)10-4/h67-71,76H,7-66H2,1-6H3,(H,81,82)(H,83,84)/t67?,68?,69-,70-,71-/m1/s1. The summed E-state index contributed by atoms with van der Waals surface area (Å²) in [7, 11) is -9.91. The molecule has 4 unspecified atom stereocenters. The molecule has 0 saturated carbocycles. The van der Waals surface area contributed by atoms with E-state index >= 15 is 0 Å². The summed E-state index contributed by atoms with van der Waals surface area (Å²) in [5, 5.41) is 10.6. The lowest BCUT2D eigenvalue weighted by Gasteiger charge is -2.21. The summed E-state index contributed by atoms with van der Waals surface area (Å²) in [6.45, 7) is 9.58. The second kappa shape index (κ2) is 66.9. The van der Waals surface area contributed by atoms with Crippen molar-refractivity contribution in [1.82, 2.24) is 0 Å². The van der Waals surface area contributed by atoms with Gasteiger partial charge in [-0.15, -0.1) is 0 Å². The quantitative estimate of drug-likeness (QED) is 0.0222. The summed E-state index contributed by atoms with van der Waals surface area (Å²) in [4.78, 5) is 72.7. The maximum absolute atomic E-state index is 13.1. The molecule has 3 N–H and O–H groups in total. The first kappa shape index (κ1) is 92.1. The molecule has 17 nitrogen and oxygen atoms in total. The van der Waals surface area contributed by atoms with Gasteiger partial charge in [0.1, 0.15) is 19.3 Å². The first-order chi connectivity index (χ1) is 45.4. The predicted octanol–water partition coefficient (Wildman–Crippen LogP) is 21.9. The van der Waals surface area contributed by atoms with Crippen molar-refractivity contribution in [2.75, 3.05) is 39.6 Å². The van der Waals surface area contributed by atoms with Crippen LogP contribution in [0.2, 0.25) is 0 Å². The summed E-state index contributed by atoms with van der Waals surface area (Å²) >= 11 is 0. The molecule has 94 heavy (non-hydrogen) atoms. The number of aliphatic hydroxyl groups excluding tert-OH is 1. The minimum Gasteiger partial charge on any atom is -0.462 e. The van der Waals surface area contributed by atoms with Crippen molar-refractivity contribution in [3.63, 3.8) is 0 Å². The number of rotatable bonds is 74. The third-order valence-corrected chi connectivity index (χ3v) is 20.1. The Morgan fingerprint density at radius 1 is 0.298 bits per heavy atom. The van der Waals surface area contributed by atoms with Crippen LogP contribution in [0.3, 0.4) is 0 Å². The van der Waals surface area contributed by atoms with Gasteiger partial charge in [0.05, 0.1) is 26.4 Å². The van der Waals surface area contributed by atoms with Crippen LogP contribution in [0, 0.1) is 11.8 Å². The number of hydrogen-bond acceptors (Lipinski definition) is 15. The molecule has 0 radical (unpaired) electrons. The lowest BCUT2D eigenvalue weighted by Crippen LogP contribution is -2.30. The highest BCUT2D eigenvalue weighted by Gasteiger charge is 2.30. The van der Waals surface area contributed by atoms with Crippen molar-refractivity contribution in [3.8, 4) is 0 Å². The minimum absolute atomic E-state index is 0.103. The Hall–Kier alpha value is -1.94. The molecule has 0 saturated heterocycles. The highest BCUT2D eigenvalue weighted by molar-refractivity contribution is 7.47. The zero-order valence-electron chi connectivity index (χ0n) is 61.3. The molecule has 0 fully saturated rings. The van der Waals surface area contributed by atoms with Crippen LogP contribution in [0.5, 0.6) is 0 Å². The fourth-order valence-corrected chi connectivity index (χ4v) is 13.0. The first-order valence-corrected chi connectivity index (χ1v) is 42.1. The van der Waals surface area contributed by atoms with Crippen LogP contribution in [-0.2, 0) is 65.4 Å². The number of unbranched alkanes of at least 4 members (excludes halogenated alkanes) is 42. The lowest BCUT2D eigenvalue weighted by molar-refractivity contribution is -0.161. The van der Waals surface area contributed by atoms with E-state index in [2.05, 4.69) is 41.5 Å². The van der Waals surface area contributed by atoms with Gasteiger partial charge >= 0.3 is 39.5 Å². The molecule has 0 aliphatic heterocycles. The zero-order valence-corrected chi connectivity index (χ0v) is 63.1. The molecule has 0 aromatic carbocycles. The van der Waals surface area contributed by atoms with E-state index in [1.54, 1.807) is 0 Å². The van der Waals surface area contributed by atoms with Gasteiger partial charge in [-0.25, -0.2) is 9.13 Å². The molecule has 0 amide bonds. The van der Waals surface area contributed by atoms with Gasteiger partial charge < -0.3 is 33.8 Å². The Bertz CT molecular complexity index is 1820. The largest absolute Gasteiger partial charge is 0.472 e. The van der Waals surface area contributed by atoms with Gasteiger partial charge in [0.2, 0.25) is 0 Å². The topological polar surface area (TPSA) is 237 Å². The van der Waals surface area contributed by atoms with Crippen LogP contribution in [0.4, 0.5) is 0 Å². The second-order valence-corrected chi connectivity index (χ2v) is 30.4. The first-order valence-electron chi connectivity index (χ1n) is 39.1. The Balaban J connectivity index is 5.22. The normalized spacial score (nSPS) is 14.6. The van der Waals surface area contributed by atoms with E-state index in [1.807, 2.05) is 0 Å². The van der Waals surface area contributed by atoms with Crippen LogP contribution in [-0.4, -0.2) is 96.7 Å². The molecule has 0 aromatic rings. The lowest BCUT2D eigenvalue weighted by atomic mass is 9.99. The molecule has 0 heterocycles. The Morgan fingerprint density at radius 2 is 0.511 bits per heavy atom. The van der Waals surface area contributed by atoms with Crippen LogP contribution < -0.4 is 0 Å². The van der Waals surface area contributed by atoms with E-state index in [4.69, 9.17) is 37.0 Å². The van der Waals surface area contributed by atoms with Crippen LogP contribution in [0.25, 0.3) is 0 Å². The monoisotopic (exact) mass is 1380 g/mol. The van der Waals surface area contributed by atoms with Crippen molar-refractivity contribution < 1.29 is 80.2 Å². The Morgan fingerprint density at radius 3 is 0.755 bits per heavy atom. The summed E-state index contributed by atoms with van der Waals surface area (Å²) in [6, 6.07) is 0.